The standard InChI is InChI=1S/C17H23NO3S2.C2H6/c1-3-4-5-10-18-17(19)13-20-11-12-21-14-22-23-16-8-6-15(2)7-9-16;1-2/h6-9H,3,10-14H2,1-2H3,(H,18,19);1-2H3. The van der Waals surface area contributed by atoms with Gasteiger partial charge in [0.1, 0.15) is 12.5 Å². The molecule has 0 bridgehead atoms. The van der Waals surface area contributed by atoms with E-state index in [2.05, 4.69) is 48.3 Å². The zero-order valence-electron chi connectivity index (χ0n) is 15.6. The van der Waals surface area contributed by atoms with Gasteiger partial charge in [0.05, 0.1) is 19.8 Å². The Morgan fingerprint density at radius 2 is 1.80 bits per heavy atom. The van der Waals surface area contributed by atoms with Gasteiger partial charge in [0, 0.05) is 11.3 Å². The van der Waals surface area contributed by atoms with Crippen LogP contribution < -0.4 is 5.32 Å². The third-order valence-electron chi connectivity index (χ3n) is 2.59. The maximum atomic E-state index is 11.4. The summed E-state index contributed by atoms with van der Waals surface area (Å²) in [6.07, 6.45) is 0.796. The number of aryl methyl sites for hydroxylation is 1. The molecule has 0 fully saturated rings. The Morgan fingerprint density at radius 3 is 2.48 bits per heavy atom. The average molecular weight is 384 g/mol. The molecule has 6 heteroatoms. The fraction of sp³-hybridized carbons (Fsp3) is 0.526. The Hall–Kier alpha value is -1.13. The van der Waals surface area contributed by atoms with Gasteiger partial charge < -0.3 is 14.8 Å². The lowest BCUT2D eigenvalue weighted by molar-refractivity contribution is -0.125. The van der Waals surface area contributed by atoms with Crippen molar-refractivity contribution in [3.63, 3.8) is 0 Å². The van der Waals surface area contributed by atoms with E-state index < -0.39 is 0 Å². The molecule has 0 spiro atoms. The van der Waals surface area contributed by atoms with Crippen LogP contribution in [0.5, 0.6) is 0 Å². The number of rotatable bonds is 10. The van der Waals surface area contributed by atoms with Crippen LogP contribution in [0.2, 0.25) is 0 Å². The van der Waals surface area contributed by atoms with Crippen LogP contribution in [0.3, 0.4) is 0 Å². The smallest absolute Gasteiger partial charge is 0.246 e. The molecule has 0 aliphatic heterocycles. The van der Waals surface area contributed by atoms with Crippen molar-refractivity contribution in [1.82, 2.24) is 5.32 Å². The van der Waals surface area contributed by atoms with Gasteiger partial charge in [-0.2, -0.15) is 0 Å². The van der Waals surface area contributed by atoms with Crippen molar-refractivity contribution in [3.05, 3.63) is 29.8 Å². The predicted octanol–water partition coefficient (Wildman–Crippen LogP) is 4.28. The van der Waals surface area contributed by atoms with E-state index in [9.17, 15) is 4.79 Å². The van der Waals surface area contributed by atoms with Gasteiger partial charge in [0.15, 0.2) is 0 Å². The van der Waals surface area contributed by atoms with Crippen LogP contribution in [0.1, 0.15) is 32.8 Å². The summed E-state index contributed by atoms with van der Waals surface area (Å²) in [6.45, 7) is 9.34. The van der Waals surface area contributed by atoms with Crippen molar-refractivity contribution in [2.75, 3.05) is 32.3 Å². The van der Waals surface area contributed by atoms with Gasteiger partial charge in [-0.3, -0.25) is 4.79 Å². The number of hydrogen-bond donors (Lipinski definition) is 1. The first-order valence-electron chi connectivity index (χ1n) is 8.46. The number of carbonyl (C=O) groups excluding carboxylic acids is 1. The van der Waals surface area contributed by atoms with Crippen LogP contribution in [-0.4, -0.2) is 38.2 Å². The van der Waals surface area contributed by atoms with E-state index in [1.165, 1.54) is 10.5 Å². The number of carbonyl (C=O) groups is 1. The van der Waals surface area contributed by atoms with Gasteiger partial charge >= 0.3 is 0 Å². The van der Waals surface area contributed by atoms with Crippen molar-refractivity contribution >= 4 is 27.5 Å². The van der Waals surface area contributed by atoms with Crippen LogP contribution in [0.15, 0.2) is 29.2 Å². The van der Waals surface area contributed by atoms with E-state index >= 15 is 0 Å². The third kappa shape index (κ3) is 14.9. The maximum absolute atomic E-state index is 11.4. The summed E-state index contributed by atoms with van der Waals surface area (Å²) < 4.78 is 10.7. The minimum absolute atomic E-state index is 0.0441. The molecule has 4 nitrogen and oxygen atoms in total. The first kappa shape index (κ1) is 23.9. The fourth-order valence-corrected chi connectivity index (χ4v) is 3.15. The summed E-state index contributed by atoms with van der Waals surface area (Å²) in [5, 5.41) is 2.66. The Kier molecular flexibility index (Phi) is 16.9. The SMILES string of the molecule is CC.CCC#CCNC(=O)COCCOCSSc1ccc(C)cc1. The lowest BCUT2D eigenvalue weighted by Gasteiger charge is -2.05. The van der Waals surface area contributed by atoms with E-state index in [-0.39, 0.29) is 12.5 Å². The first-order chi connectivity index (χ1) is 12.2. The van der Waals surface area contributed by atoms with Gasteiger partial charge in [-0.05, 0) is 19.1 Å². The zero-order chi connectivity index (χ0) is 18.8. The van der Waals surface area contributed by atoms with Crippen molar-refractivity contribution in [1.29, 1.82) is 0 Å². The van der Waals surface area contributed by atoms with Gasteiger partial charge in [-0.15, -0.1) is 5.92 Å². The molecule has 0 heterocycles. The molecule has 0 saturated carbocycles. The summed E-state index contributed by atoms with van der Waals surface area (Å²) in [4.78, 5) is 12.6. The summed E-state index contributed by atoms with van der Waals surface area (Å²) in [6, 6.07) is 8.38. The minimum atomic E-state index is -0.153. The van der Waals surface area contributed by atoms with Crippen molar-refractivity contribution < 1.29 is 14.3 Å². The molecule has 1 aromatic carbocycles. The normalized spacial score (nSPS) is 9.44. The molecule has 1 N–H and O–H groups in total. The van der Waals surface area contributed by atoms with E-state index in [4.69, 9.17) is 9.47 Å². The second-order valence-electron chi connectivity index (χ2n) is 4.58. The quantitative estimate of drug-likeness (QED) is 0.283. The lowest BCUT2D eigenvalue weighted by atomic mass is 10.2. The van der Waals surface area contributed by atoms with Gasteiger partial charge in [0.2, 0.25) is 5.91 Å². The van der Waals surface area contributed by atoms with Gasteiger partial charge in [-0.1, -0.05) is 66.0 Å². The summed E-state index contributed by atoms with van der Waals surface area (Å²) >= 11 is 0. The average Bonchev–Trinajstić information content (AvgIpc) is 2.64. The molecule has 1 rings (SSSR count). The molecule has 25 heavy (non-hydrogen) atoms. The number of amides is 1. The molecule has 0 atom stereocenters. The van der Waals surface area contributed by atoms with Gasteiger partial charge in [0.25, 0.3) is 0 Å². The molecule has 0 radical (unpaired) electrons. The number of ether oxygens (including phenoxy) is 2. The Balaban J connectivity index is 0.00000277. The van der Waals surface area contributed by atoms with E-state index in [0.717, 1.165) is 6.42 Å². The maximum Gasteiger partial charge on any atom is 0.246 e. The highest BCUT2D eigenvalue weighted by Crippen LogP contribution is 2.30. The molecule has 0 unspecified atom stereocenters. The molecular formula is C19H29NO3S2. The molecule has 1 aromatic rings. The van der Waals surface area contributed by atoms with Crippen molar-refractivity contribution in [2.45, 2.75) is 39.0 Å². The Labute approximate surface area is 160 Å². The monoisotopic (exact) mass is 383 g/mol. The van der Waals surface area contributed by atoms with E-state index in [0.29, 0.717) is 25.7 Å². The molecule has 0 saturated heterocycles. The summed E-state index contributed by atoms with van der Waals surface area (Å²) in [7, 11) is 3.32. The molecule has 0 aliphatic carbocycles. The molecule has 1 amide bonds. The minimum Gasteiger partial charge on any atom is -0.369 e. The van der Waals surface area contributed by atoms with Gasteiger partial charge in [-0.25, -0.2) is 0 Å². The Bertz CT molecular complexity index is 510. The zero-order valence-corrected chi connectivity index (χ0v) is 17.2. The van der Waals surface area contributed by atoms with E-state index in [1.807, 2.05) is 20.8 Å². The summed E-state index contributed by atoms with van der Waals surface area (Å²) in [5.74, 6) is 6.16. The highest BCUT2D eigenvalue weighted by atomic mass is 33.1. The van der Waals surface area contributed by atoms with Crippen LogP contribution in [0, 0.1) is 18.8 Å². The second kappa shape index (κ2) is 17.7. The molecule has 140 valence electrons. The highest BCUT2D eigenvalue weighted by molar-refractivity contribution is 8.76. The topological polar surface area (TPSA) is 47.6 Å². The van der Waals surface area contributed by atoms with Crippen LogP contribution in [0.25, 0.3) is 0 Å². The first-order valence-corrected chi connectivity index (χ1v) is 10.8. The molecule has 0 aromatic heterocycles. The Morgan fingerprint density at radius 1 is 1.12 bits per heavy atom. The summed E-state index contributed by atoms with van der Waals surface area (Å²) in [5.41, 5.74) is 1.26. The highest BCUT2D eigenvalue weighted by Gasteiger charge is 1.99. The predicted molar refractivity (Wildman–Crippen MR) is 109 cm³/mol. The van der Waals surface area contributed by atoms with E-state index in [1.54, 1.807) is 21.6 Å². The van der Waals surface area contributed by atoms with Crippen LogP contribution >= 0.6 is 21.6 Å². The van der Waals surface area contributed by atoms with Crippen LogP contribution in [-0.2, 0) is 14.3 Å². The third-order valence-corrected chi connectivity index (χ3v) is 4.65. The number of hydrogen-bond acceptors (Lipinski definition) is 5. The fourth-order valence-electron chi connectivity index (χ4n) is 1.44. The number of nitrogens with one attached hydrogen (secondary N) is 1. The largest absolute Gasteiger partial charge is 0.369 e. The number of benzene rings is 1. The van der Waals surface area contributed by atoms with Crippen molar-refractivity contribution in [2.24, 2.45) is 0 Å². The lowest BCUT2D eigenvalue weighted by Crippen LogP contribution is -2.28. The van der Waals surface area contributed by atoms with Crippen molar-refractivity contribution in [3.8, 4) is 11.8 Å². The molecule has 0 aliphatic rings. The van der Waals surface area contributed by atoms with Crippen LogP contribution in [0.4, 0.5) is 0 Å². The second-order valence-corrected chi connectivity index (χ2v) is 6.89. The molecular weight excluding hydrogens is 354 g/mol.